The van der Waals surface area contributed by atoms with Crippen LogP contribution in [0.5, 0.6) is 5.75 Å². The molecule has 2 aromatic rings. The molecule has 2 aromatic carbocycles. The number of rotatable bonds is 6. The summed E-state index contributed by atoms with van der Waals surface area (Å²) in [5.41, 5.74) is 0.0452. The largest absolute Gasteiger partial charge is 0.573 e. The molecule has 132 valence electrons. The highest BCUT2D eigenvalue weighted by Gasteiger charge is 2.31. The minimum absolute atomic E-state index is 0.0936. The number of benzene rings is 2. The minimum atomic E-state index is -4.84. The van der Waals surface area contributed by atoms with Crippen molar-refractivity contribution >= 4 is 23.0 Å². The number of nitro benzene ring substituents is 1. The van der Waals surface area contributed by atoms with Crippen LogP contribution in [0.25, 0.3) is 0 Å². The van der Waals surface area contributed by atoms with Crippen molar-refractivity contribution in [1.82, 2.24) is 0 Å². The molecule has 2 rings (SSSR count). The van der Waals surface area contributed by atoms with Crippen LogP contribution in [0.15, 0.2) is 48.5 Å². The molecule has 7 nitrogen and oxygen atoms in total. The van der Waals surface area contributed by atoms with E-state index in [4.69, 9.17) is 0 Å². The van der Waals surface area contributed by atoms with Gasteiger partial charge in [0.15, 0.2) is 0 Å². The third-order valence-electron chi connectivity index (χ3n) is 2.89. The van der Waals surface area contributed by atoms with Crippen LogP contribution < -0.4 is 15.4 Å². The van der Waals surface area contributed by atoms with Crippen LogP contribution in [0.2, 0.25) is 0 Å². The topological polar surface area (TPSA) is 93.5 Å². The molecule has 0 aliphatic rings. The van der Waals surface area contributed by atoms with Crippen LogP contribution in [0, 0.1) is 10.1 Å². The molecule has 0 saturated carbocycles. The fourth-order valence-corrected chi connectivity index (χ4v) is 1.93. The van der Waals surface area contributed by atoms with E-state index in [9.17, 15) is 28.1 Å². The second-order valence-corrected chi connectivity index (χ2v) is 4.75. The number of para-hydroxylation sites is 2. The first-order valence-corrected chi connectivity index (χ1v) is 6.87. The Bertz CT molecular complexity index is 781. The highest BCUT2D eigenvalue weighted by Crippen LogP contribution is 2.25. The highest BCUT2D eigenvalue weighted by atomic mass is 19.4. The summed E-state index contributed by atoms with van der Waals surface area (Å²) in [6.45, 7) is -0.310. The number of anilines is 2. The van der Waals surface area contributed by atoms with Gasteiger partial charge in [-0.3, -0.25) is 14.9 Å². The maximum atomic E-state index is 12.2. The molecule has 2 N–H and O–H groups in total. The molecule has 0 fully saturated rings. The van der Waals surface area contributed by atoms with Gasteiger partial charge in [-0.25, -0.2) is 0 Å². The van der Waals surface area contributed by atoms with E-state index in [1.54, 1.807) is 6.07 Å². The van der Waals surface area contributed by atoms with Gasteiger partial charge in [-0.1, -0.05) is 18.2 Å². The molecule has 0 aromatic heterocycles. The van der Waals surface area contributed by atoms with Crippen LogP contribution >= 0.6 is 0 Å². The van der Waals surface area contributed by atoms with E-state index in [0.29, 0.717) is 0 Å². The summed E-state index contributed by atoms with van der Waals surface area (Å²) >= 11 is 0. The van der Waals surface area contributed by atoms with E-state index in [-0.39, 0.29) is 23.6 Å². The summed E-state index contributed by atoms with van der Waals surface area (Å²) in [5, 5.41) is 15.8. The predicted octanol–water partition coefficient (Wildman–Crippen LogP) is 3.54. The summed E-state index contributed by atoms with van der Waals surface area (Å²) in [6, 6.07) is 10.5. The molecule has 0 aliphatic heterocycles. The fraction of sp³-hybridized carbons (Fsp3) is 0.133. The lowest BCUT2D eigenvalue weighted by molar-refractivity contribution is -0.383. The van der Waals surface area contributed by atoms with Crippen LogP contribution in [-0.2, 0) is 4.79 Å². The van der Waals surface area contributed by atoms with Crippen LogP contribution in [0.1, 0.15) is 0 Å². The molecule has 25 heavy (non-hydrogen) atoms. The van der Waals surface area contributed by atoms with Gasteiger partial charge < -0.3 is 15.4 Å². The summed E-state index contributed by atoms with van der Waals surface area (Å²) in [4.78, 5) is 22.1. The van der Waals surface area contributed by atoms with Crippen molar-refractivity contribution < 1.29 is 27.6 Å². The molecule has 0 spiro atoms. The Balaban J connectivity index is 1.97. The van der Waals surface area contributed by atoms with Crippen LogP contribution in [0.4, 0.5) is 30.2 Å². The summed E-state index contributed by atoms with van der Waals surface area (Å²) in [5.74, 6) is -1.07. The van der Waals surface area contributed by atoms with Gasteiger partial charge in [0.1, 0.15) is 11.4 Å². The number of carbonyl (C=O) groups excluding carboxylic acids is 1. The summed E-state index contributed by atoms with van der Waals surface area (Å²) in [6.07, 6.45) is -4.84. The summed E-state index contributed by atoms with van der Waals surface area (Å²) in [7, 11) is 0. The number of nitro groups is 1. The quantitative estimate of drug-likeness (QED) is 0.611. The summed E-state index contributed by atoms with van der Waals surface area (Å²) < 4.78 is 40.3. The molecular formula is C15H12F3N3O4. The van der Waals surface area contributed by atoms with E-state index < -0.39 is 22.9 Å². The lowest BCUT2D eigenvalue weighted by Gasteiger charge is -2.11. The zero-order chi connectivity index (χ0) is 18.4. The second kappa shape index (κ2) is 7.51. The third kappa shape index (κ3) is 5.68. The molecule has 0 radical (unpaired) electrons. The molecule has 0 heterocycles. The van der Waals surface area contributed by atoms with E-state index >= 15 is 0 Å². The molecular weight excluding hydrogens is 343 g/mol. The molecule has 0 atom stereocenters. The van der Waals surface area contributed by atoms with Gasteiger partial charge in [0.25, 0.3) is 5.69 Å². The molecule has 0 aliphatic carbocycles. The Morgan fingerprint density at radius 2 is 1.88 bits per heavy atom. The Labute approximate surface area is 139 Å². The van der Waals surface area contributed by atoms with Gasteiger partial charge in [0, 0.05) is 17.8 Å². The van der Waals surface area contributed by atoms with Crippen LogP contribution in [0.3, 0.4) is 0 Å². The van der Waals surface area contributed by atoms with Crippen molar-refractivity contribution in [1.29, 1.82) is 0 Å². The number of amides is 1. The van der Waals surface area contributed by atoms with E-state index in [1.165, 1.54) is 30.3 Å². The Morgan fingerprint density at radius 3 is 2.56 bits per heavy atom. The molecule has 10 heteroatoms. The van der Waals surface area contributed by atoms with Gasteiger partial charge in [0.05, 0.1) is 11.5 Å². The molecule has 0 bridgehead atoms. The number of alkyl halides is 3. The Hall–Kier alpha value is -3.30. The van der Waals surface area contributed by atoms with Crippen molar-refractivity contribution in [3.8, 4) is 5.75 Å². The number of hydrogen-bond acceptors (Lipinski definition) is 5. The SMILES string of the molecule is O=C(CNc1ccccc1[N+](=O)[O-])Nc1cccc(OC(F)(F)F)c1. The maximum absolute atomic E-state index is 12.2. The monoisotopic (exact) mass is 355 g/mol. The molecule has 0 unspecified atom stereocenters. The van der Waals surface area contributed by atoms with Crippen molar-refractivity contribution in [2.45, 2.75) is 6.36 Å². The van der Waals surface area contributed by atoms with Crippen molar-refractivity contribution in [2.24, 2.45) is 0 Å². The maximum Gasteiger partial charge on any atom is 0.573 e. The van der Waals surface area contributed by atoms with Crippen molar-refractivity contribution in [3.05, 3.63) is 58.6 Å². The first kappa shape index (κ1) is 18.0. The number of nitrogens with one attached hydrogen (secondary N) is 2. The molecule has 1 amide bonds. The Kier molecular flexibility index (Phi) is 5.42. The normalized spacial score (nSPS) is 10.8. The zero-order valence-corrected chi connectivity index (χ0v) is 12.5. The number of ether oxygens (including phenoxy) is 1. The van der Waals surface area contributed by atoms with Gasteiger partial charge in [-0.05, 0) is 18.2 Å². The van der Waals surface area contributed by atoms with E-state index in [1.807, 2.05) is 0 Å². The number of hydrogen-bond donors (Lipinski definition) is 2. The zero-order valence-electron chi connectivity index (χ0n) is 12.5. The lowest BCUT2D eigenvalue weighted by atomic mass is 10.2. The third-order valence-corrected chi connectivity index (χ3v) is 2.89. The minimum Gasteiger partial charge on any atom is -0.406 e. The Morgan fingerprint density at radius 1 is 1.16 bits per heavy atom. The van der Waals surface area contributed by atoms with Gasteiger partial charge in [0.2, 0.25) is 5.91 Å². The smallest absolute Gasteiger partial charge is 0.406 e. The fourth-order valence-electron chi connectivity index (χ4n) is 1.93. The van der Waals surface area contributed by atoms with Gasteiger partial charge in [-0.2, -0.15) is 0 Å². The standard InChI is InChI=1S/C15H12F3N3O4/c16-15(17,18)25-11-5-3-4-10(8-11)20-14(22)9-19-12-6-1-2-7-13(12)21(23)24/h1-8,19H,9H2,(H,20,22). The lowest BCUT2D eigenvalue weighted by Crippen LogP contribution is -2.22. The number of carbonyl (C=O) groups is 1. The van der Waals surface area contributed by atoms with E-state index in [2.05, 4.69) is 15.4 Å². The van der Waals surface area contributed by atoms with Crippen LogP contribution in [-0.4, -0.2) is 23.7 Å². The average molecular weight is 355 g/mol. The van der Waals surface area contributed by atoms with Crippen molar-refractivity contribution in [3.63, 3.8) is 0 Å². The van der Waals surface area contributed by atoms with Gasteiger partial charge in [-0.15, -0.1) is 13.2 Å². The van der Waals surface area contributed by atoms with Gasteiger partial charge >= 0.3 is 6.36 Å². The van der Waals surface area contributed by atoms with E-state index in [0.717, 1.165) is 12.1 Å². The number of halogens is 3. The molecule has 0 saturated heterocycles. The first-order valence-electron chi connectivity index (χ1n) is 6.87. The van der Waals surface area contributed by atoms with Crippen molar-refractivity contribution in [2.75, 3.05) is 17.2 Å². The predicted molar refractivity (Wildman–Crippen MR) is 83.3 cm³/mol. The number of nitrogens with zero attached hydrogens (tertiary/aromatic N) is 1. The second-order valence-electron chi connectivity index (χ2n) is 4.75. The highest BCUT2D eigenvalue weighted by molar-refractivity contribution is 5.94. The first-order chi connectivity index (χ1) is 11.7. The average Bonchev–Trinajstić information content (AvgIpc) is 2.52.